The molecule has 2 rings (SSSR count). The Morgan fingerprint density at radius 3 is 2.81 bits per heavy atom. The Morgan fingerprint density at radius 2 is 2.25 bits per heavy atom. The van der Waals surface area contributed by atoms with Crippen molar-refractivity contribution in [2.45, 2.75) is 45.8 Å². The summed E-state index contributed by atoms with van der Waals surface area (Å²) in [7, 11) is 0. The predicted molar refractivity (Wildman–Crippen MR) is 62.6 cm³/mol. The van der Waals surface area contributed by atoms with Gasteiger partial charge in [-0.1, -0.05) is 0 Å². The first kappa shape index (κ1) is 11.4. The van der Waals surface area contributed by atoms with Crippen LogP contribution >= 0.6 is 0 Å². The van der Waals surface area contributed by atoms with Gasteiger partial charge >= 0.3 is 0 Å². The van der Waals surface area contributed by atoms with Crippen molar-refractivity contribution in [1.29, 1.82) is 0 Å². The molecule has 16 heavy (non-hydrogen) atoms. The summed E-state index contributed by atoms with van der Waals surface area (Å²) in [6.07, 6.45) is 1.39. The van der Waals surface area contributed by atoms with Crippen LogP contribution in [0.3, 0.4) is 0 Å². The molecule has 0 radical (unpaired) electrons. The van der Waals surface area contributed by atoms with E-state index in [1.54, 1.807) is 0 Å². The molecule has 5 heteroatoms. The van der Waals surface area contributed by atoms with Gasteiger partial charge in [0.2, 0.25) is 5.95 Å². The molecule has 2 heterocycles. The number of anilines is 1. The lowest BCUT2D eigenvalue weighted by atomic mass is 10.1. The SMILES string of the molecule is CCNc1nnc(C2COC(C)C2)n1CC. The predicted octanol–water partition coefficient (Wildman–Crippen LogP) is 1.62. The molecule has 1 aromatic heterocycles. The van der Waals surface area contributed by atoms with Gasteiger partial charge in [0.1, 0.15) is 5.82 Å². The fraction of sp³-hybridized carbons (Fsp3) is 0.818. The van der Waals surface area contributed by atoms with Crippen molar-refractivity contribution in [3.8, 4) is 0 Å². The van der Waals surface area contributed by atoms with Crippen molar-refractivity contribution < 1.29 is 4.74 Å². The normalized spacial score (nSPS) is 24.9. The molecule has 1 aliphatic rings. The fourth-order valence-electron chi connectivity index (χ4n) is 2.21. The van der Waals surface area contributed by atoms with E-state index >= 15 is 0 Å². The van der Waals surface area contributed by atoms with E-state index in [0.717, 1.165) is 37.9 Å². The Bertz CT molecular complexity index is 350. The summed E-state index contributed by atoms with van der Waals surface area (Å²) in [5, 5.41) is 11.7. The second-order valence-electron chi connectivity index (χ2n) is 4.23. The van der Waals surface area contributed by atoms with E-state index in [1.165, 1.54) is 0 Å². The minimum absolute atomic E-state index is 0.342. The topological polar surface area (TPSA) is 52.0 Å². The summed E-state index contributed by atoms with van der Waals surface area (Å²) in [4.78, 5) is 0. The van der Waals surface area contributed by atoms with Crippen molar-refractivity contribution >= 4 is 5.95 Å². The third-order valence-corrected chi connectivity index (χ3v) is 2.99. The minimum atomic E-state index is 0.342. The summed E-state index contributed by atoms with van der Waals surface area (Å²) in [6, 6.07) is 0. The van der Waals surface area contributed by atoms with Gasteiger partial charge in [0, 0.05) is 19.0 Å². The highest BCUT2D eigenvalue weighted by molar-refractivity contribution is 5.26. The Balaban J connectivity index is 2.20. The van der Waals surface area contributed by atoms with Gasteiger partial charge in [0.15, 0.2) is 0 Å². The van der Waals surface area contributed by atoms with Crippen LogP contribution in [0.25, 0.3) is 0 Å². The average molecular weight is 224 g/mol. The molecule has 1 aliphatic heterocycles. The molecule has 2 unspecified atom stereocenters. The summed E-state index contributed by atoms with van der Waals surface area (Å²) in [5.41, 5.74) is 0. The molecule has 1 aromatic rings. The monoisotopic (exact) mass is 224 g/mol. The summed E-state index contributed by atoms with van der Waals surface area (Å²) in [6.45, 7) is 8.83. The van der Waals surface area contributed by atoms with Crippen LogP contribution in [0.1, 0.15) is 38.9 Å². The first-order valence-electron chi connectivity index (χ1n) is 6.04. The van der Waals surface area contributed by atoms with Gasteiger partial charge in [-0.25, -0.2) is 0 Å². The molecule has 0 spiro atoms. The van der Waals surface area contributed by atoms with E-state index < -0.39 is 0 Å². The Labute approximate surface area is 96.2 Å². The summed E-state index contributed by atoms with van der Waals surface area (Å²) in [5.74, 6) is 2.33. The Morgan fingerprint density at radius 1 is 1.44 bits per heavy atom. The van der Waals surface area contributed by atoms with Crippen LogP contribution in [0.2, 0.25) is 0 Å². The maximum absolute atomic E-state index is 5.59. The lowest BCUT2D eigenvalue weighted by molar-refractivity contribution is 0.123. The van der Waals surface area contributed by atoms with Crippen molar-refractivity contribution in [3.63, 3.8) is 0 Å². The van der Waals surface area contributed by atoms with Crippen LogP contribution in [0.4, 0.5) is 5.95 Å². The van der Waals surface area contributed by atoms with Gasteiger partial charge in [0.05, 0.1) is 12.7 Å². The number of hydrogen-bond acceptors (Lipinski definition) is 4. The van der Waals surface area contributed by atoms with Crippen LogP contribution in [-0.4, -0.2) is 34.0 Å². The minimum Gasteiger partial charge on any atom is -0.378 e. The average Bonchev–Trinajstić information content (AvgIpc) is 2.85. The number of hydrogen-bond donors (Lipinski definition) is 1. The van der Waals surface area contributed by atoms with Crippen molar-refractivity contribution in [3.05, 3.63) is 5.82 Å². The molecular weight excluding hydrogens is 204 g/mol. The molecule has 0 aromatic carbocycles. The van der Waals surface area contributed by atoms with Gasteiger partial charge in [-0.05, 0) is 27.2 Å². The van der Waals surface area contributed by atoms with Crippen LogP contribution < -0.4 is 5.32 Å². The highest BCUT2D eigenvalue weighted by Crippen LogP contribution is 2.29. The van der Waals surface area contributed by atoms with E-state index in [2.05, 4.69) is 40.9 Å². The molecule has 5 nitrogen and oxygen atoms in total. The van der Waals surface area contributed by atoms with Crippen LogP contribution in [0.15, 0.2) is 0 Å². The van der Waals surface area contributed by atoms with E-state index in [1.807, 2.05) is 0 Å². The summed E-state index contributed by atoms with van der Waals surface area (Å²) >= 11 is 0. The second kappa shape index (κ2) is 4.82. The van der Waals surface area contributed by atoms with Crippen LogP contribution in [0.5, 0.6) is 0 Å². The van der Waals surface area contributed by atoms with Gasteiger partial charge in [0.25, 0.3) is 0 Å². The van der Waals surface area contributed by atoms with Crippen LogP contribution in [-0.2, 0) is 11.3 Å². The first-order valence-corrected chi connectivity index (χ1v) is 6.04. The zero-order valence-corrected chi connectivity index (χ0v) is 10.2. The maximum Gasteiger partial charge on any atom is 0.224 e. The molecule has 1 saturated heterocycles. The van der Waals surface area contributed by atoms with E-state index in [-0.39, 0.29) is 0 Å². The number of rotatable bonds is 4. The quantitative estimate of drug-likeness (QED) is 0.844. The Hall–Kier alpha value is -1.10. The van der Waals surface area contributed by atoms with Gasteiger partial charge in [-0.3, -0.25) is 4.57 Å². The molecule has 0 saturated carbocycles. The molecular formula is C11H20N4O. The third kappa shape index (κ3) is 2.04. The highest BCUT2D eigenvalue weighted by atomic mass is 16.5. The number of nitrogens with one attached hydrogen (secondary N) is 1. The largest absolute Gasteiger partial charge is 0.378 e. The molecule has 1 fully saturated rings. The lowest BCUT2D eigenvalue weighted by Crippen LogP contribution is -2.11. The number of aromatic nitrogens is 3. The van der Waals surface area contributed by atoms with Crippen molar-refractivity contribution in [2.75, 3.05) is 18.5 Å². The molecule has 1 N–H and O–H groups in total. The van der Waals surface area contributed by atoms with Crippen LogP contribution in [0, 0.1) is 0 Å². The smallest absolute Gasteiger partial charge is 0.224 e. The van der Waals surface area contributed by atoms with Crippen molar-refractivity contribution in [2.24, 2.45) is 0 Å². The van der Waals surface area contributed by atoms with Gasteiger partial charge in [-0.2, -0.15) is 0 Å². The lowest BCUT2D eigenvalue weighted by Gasteiger charge is -2.11. The third-order valence-electron chi connectivity index (χ3n) is 2.99. The Kier molecular flexibility index (Phi) is 3.43. The summed E-state index contributed by atoms with van der Waals surface area (Å²) < 4.78 is 7.74. The molecule has 90 valence electrons. The van der Waals surface area contributed by atoms with E-state index in [9.17, 15) is 0 Å². The number of ether oxygens (including phenoxy) is 1. The highest BCUT2D eigenvalue weighted by Gasteiger charge is 2.28. The second-order valence-corrected chi connectivity index (χ2v) is 4.23. The molecule has 0 bridgehead atoms. The zero-order valence-electron chi connectivity index (χ0n) is 10.2. The van der Waals surface area contributed by atoms with E-state index in [0.29, 0.717) is 12.0 Å². The molecule has 2 atom stereocenters. The maximum atomic E-state index is 5.59. The van der Waals surface area contributed by atoms with Gasteiger partial charge < -0.3 is 10.1 Å². The fourth-order valence-corrected chi connectivity index (χ4v) is 2.21. The molecule has 0 aliphatic carbocycles. The first-order chi connectivity index (χ1) is 7.76. The van der Waals surface area contributed by atoms with Gasteiger partial charge in [-0.15, -0.1) is 10.2 Å². The number of nitrogens with zero attached hydrogens (tertiary/aromatic N) is 3. The zero-order chi connectivity index (χ0) is 11.5. The van der Waals surface area contributed by atoms with E-state index in [4.69, 9.17) is 4.74 Å². The molecule has 0 amide bonds. The standard InChI is InChI=1S/C11H20N4O/c1-4-12-11-14-13-10(15(11)5-2)9-6-8(3)16-7-9/h8-9H,4-7H2,1-3H3,(H,12,14). The van der Waals surface area contributed by atoms with Crippen molar-refractivity contribution in [1.82, 2.24) is 14.8 Å².